The van der Waals surface area contributed by atoms with Crippen molar-refractivity contribution in [2.24, 2.45) is 0 Å². The van der Waals surface area contributed by atoms with E-state index in [9.17, 15) is 10.2 Å². The summed E-state index contributed by atoms with van der Waals surface area (Å²) in [7, 11) is 0. The molecule has 0 heterocycles. The molecule has 0 aromatic heterocycles. The van der Waals surface area contributed by atoms with Crippen LogP contribution in [0.5, 0.6) is 11.5 Å². The molecule has 0 saturated heterocycles. The van der Waals surface area contributed by atoms with Gasteiger partial charge < -0.3 is 20.8 Å². The minimum Gasteiger partial charge on any atom is -0.508 e. The molecule has 4 N–H and O–H groups in total. The minimum atomic E-state index is 0.240. The predicted octanol–water partition coefficient (Wildman–Crippen LogP) is 4.33. The summed E-state index contributed by atoms with van der Waals surface area (Å²) >= 11 is 0. The lowest BCUT2D eigenvalue weighted by molar-refractivity contribution is 0.463. The monoisotopic (exact) mass is 314 g/mol. The molecule has 0 bridgehead atoms. The van der Waals surface area contributed by atoms with Crippen molar-refractivity contribution < 1.29 is 10.2 Å². The first-order valence-electron chi connectivity index (χ1n) is 8.17. The van der Waals surface area contributed by atoms with E-state index < -0.39 is 0 Å². The van der Waals surface area contributed by atoms with Gasteiger partial charge in [-0.25, -0.2) is 0 Å². The lowest BCUT2D eigenvalue weighted by Gasteiger charge is -2.15. The summed E-state index contributed by atoms with van der Waals surface area (Å²) in [4.78, 5) is 0. The minimum absolute atomic E-state index is 0.240. The van der Waals surface area contributed by atoms with Crippen molar-refractivity contribution in [3.8, 4) is 11.5 Å². The third kappa shape index (κ3) is 4.55. The van der Waals surface area contributed by atoms with E-state index in [4.69, 9.17) is 0 Å². The SMILES string of the molecule is CCNc1ccc(Cc2ccc(NC(C)CC)cc2O)c(O)c1. The molecular formula is C19H26N2O2. The number of aromatic hydroxyl groups is 2. The maximum Gasteiger partial charge on any atom is 0.121 e. The van der Waals surface area contributed by atoms with E-state index in [0.29, 0.717) is 12.5 Å². The quantitative estimate of drug-likeness (QED) is 0.614. The zero-order valence-corrected chi connectivity index (χ0v) is 14.1. The predicted molar refractivity (Wildman–Crippen MR) is 96.6 cm³/mol. The highest BCUT2D eigenvalue weighted by Crippen LogP contribution is 2.29. The van der Waals surface area contributed by atoms with E-state index >= 15 is 0 Å². The Bertz CT molecular complexity index is 656. The molecule has 2 aromatic carbocycles. The number of benzene rings is 2. The molecule has 0 spiro atoms. The zero-order valence-electron chi connectivity index (χ0n) is 14.1. The number of nitrogens with one attached hydrogen (secondary N) is 2. The van der Waals surface area contributed by atoms with Gasteiger partial charge in [0.1, 0.15) is 11.5 Å². The number of phenolic OH excluding ortho intramolecular Hbond substituents is 2. The molecule has 4 heteroatoms. The highest BCUT2D eigenvalue weighted by molar-refractivity contribution is 5.55. The maximum atomic E-state index is 10.2. The van der Waals surface area contributed by atoms with Gasteiger partial charge in [0.05, 0.1) is 0 Å². The van der Waals surface area contributed by atoms with Gasteiger partial charge in [-0.1, -0.05) is 19.1 Å². The van der Waals surface area contributed by atoms with Crippen molar-refractivity contribution in [3.05, 3.63) is 47.5 Å². The maximum absolute atomic E-state index is 10.2. The Morgan fingerprint density at radius 1 is 0.913 bits per heavy atom. The molecule has 0 aliphatic carbocycles. The summed E-state index contributed by atoms with van der Waals surface area (Å²) in [5.74, 6) is 0.484. The summed E-state index contributed by atoms with van der Waals surface area (Å²) in [5.41, 5.74) is 3.40. The molecular weight excluding hydrogens is 288 g/mol. The lowest BCUT2D eigenvalue weighted by Crippen LogP contribution is -2.13. The van der Waals surface area contributed by atoms with Crippen LogP contribution in [-0.2, 0) is 6.42 Å². The first kappa shape index (κ1) is 17.0. The van der Waals surface area contributed by atoms with Crippen LogP contribution in [0.3, 0.4) is 0 Å². The summed E-state index contributed by atoms with van der Waals surface area (Å²) in [5, 5.41) is 26.9. The molecule has 0 fully saturated rings. The van der Waals surface area contributed by atoms with Gasteiger partial charge in [-0.3, -0.25) is 0 Å². The molecule has 23 heavy (non-hydrogen) atoms. The van der Waals surface area contributed by atoms with Crippen molar-refractivity contribution >= 4 is 11.4 Å². The van der Waals surface area contributed by atoms with Gasteiger partial charge in [0.2, 0.25) is 0 Å². The van der Waals surface area contributed by atoms with Crippen LogP contribution in [-0.4, -0.2) is 22.8 Å². The summed E-state index contributed by atoms with van der Waals surface area (Å²) in [6.07, 6.45) is 1.52. The second-order valence-corrected chi connectivity index (χ2v) is 5.85. The molecule has 2 rings (SSSR count). The summed E-state index contributed by atoms with van der Waals surface area (Å²) in [6, 6.07) is 11.5. The smallest absolute Gasteiger partial charge is 0.121 e. The fraction of sp³-hybridized carbons (Fsp3) is 0.368. The van der Waals surface area contributed by atoms with Gasteiger partial charge in [-0.15, -0.1) is 0 Å². The highest BCUT2D eigenvalue weighted by atomic mass is 16.3. The van der Waals surface area contributed by atoms with Gasteiger partial charge in [0, 0.05) is 42.5 Å². The molecule has 0 amide bonds. The number of phenols is 2. The average molecular weight is 314 g/mol. The Morgan fingerprint density at radius 3 is 2.00 bits per heavy atom. The fourth-order valence-electron chi connectivity index (χ4n) is 2.42. The van der Waals surface area contributed by atoms with Gasteiger partial charge in [0.25, 0.3) is 0 Å². The van der Waals surface area contributed by atoms with Crippen LogP contribution in [0.25, 0.3) is 0 Å². The topological polar surface area (TPSA) is 64.5 Å². The van der Waals surface area contributed by atoms with Crippen LogP contribution in [0.1, 0.15) is 38.3 Å². The number of hydrogen-bond acceptors (Lipinski definition) is 4. The van der Waals surface area contributed by atoms with Crippen molar-refractivity contribution in [2.75, 3.05) is 17.2 Å². The van der Waals surface area contributed by atoms with Gasteiger partial charge >= 0.3 is 0 Å². The average Bonchev–Trinajstić information content (AvgIpc) is 2.52. The van der Waals surface area contributed by atoms with Gasteiger partial charge in [-0.05, 0) is 43.5 Å². The normalized spacial score (nSPS) is 12.0. The van der Waals surface area contributed by atoms with E-state index in [1.54, 1.807) is 12.1 Å². The molecule has 0 radical (unpaired) electrons. The Balaban J connectivity index is 2.14. The van der Waals surface area contributed by atoms with Crippen molar-refractivity contribution in [3.63, 3.8) is 0 Å². The Labute approximate surface area is 138 Å². The second kappa shape index (κ2) is 7.77. The first-order chi connectivity index (χ1) is 11.0. The van der Waals surface area contributed by atoms with Crippen LogP contribution in [0, 0.1) is 0 Å². The number of rotatable bonds is 7. The number of anilines is 2. The van der Waals surface area contributed by atoms with Gasteiger partial charge in [-0.2, -0.15) is 0 Å². The third-order valence-electron chi connectivity index (χ3n) is 3.96. The summed E-state index contributed by atoms with van der Waals surface area (Å²) < 4.78 is 0. The Morgan fingerprint density at radius 2 is 1.48 bits per heavy atom. The molecule has 0 aliphatic rings. The molecule has 1 unspecified atom stereocenters. The number of hydrogen-bond donors (Lipinski definition) is 4. The Hall–Kier alpha value is -2.36. The van der Waals surface area contributed by atoms with E-state index in [1.165, 1.54) is 0 Å². The molecule has 0 saturated carbocycles. The first-order valence-corrected chi connectivity index (χ1v) is 8.17. The molecule has 1 atom stereocenters. The third-order valence-corrected chi connectivity index (χ3v) is 3.96. The summed E-state index contributed by atoms with van der Waals surface area (Å²) in [6.45, 7) is 7.04. The zero-order chi connectivity index (χ0) is 16.8. The van der Waals surface area contributed by atoms with Crippen LogP contribution < -0.4 is 10.6 Å². The molecule has 4 nitrogen and oxygen atoms in total. The van der Waals surface area contributed by atoms with E-state index in [-0.39, 0.29) is 11.5 Å². The molecule has 0 aliphatic heterocycles. The van der Waals surface area contributed by atoms with E-state index in [0.717, 1.165) is 35.5 Å². The van der Waals surface area contributed by atoms with Crippen LogP contribution in [0.15, 0.2) is 36.4 Å². The van der Waals surface area contributed by atoms with Crippen LogP contribution in [0.2, 0.25) is 0 Å². The van der Waals surface area contributed by atoms with E-state index in [2.05, 4.69) is 24.5 Å². The lowest BCUT2D eigenvalue weighted by atomic mass is 10.0. The highest BCUT2D eigenvalue weighted by Gasteiger charge is 2.09. The van der Waals surface area contributed by atoms with Crippen LogP contribution >= 0.6 is 0 Å². The molecule has 2 aromatic rings. The largest absolute Gasteiger partial charge is 0.508 e. The van der Waals surface area contributed by atoms with Crippen molar-refractivity contribution in [1.29, 1.82) is 0 Å². The second-order valence-electron chi connectivity index (χ2n) is 5.85. The van der Waals surface area contributed by atoms with Crippen molar-refractivity contribution in [2.45, 2.75) is 39.7 Å². The van der Waals surface area contributed by atoms with Gasteiger partial charge in [0.15, 0.2) is 0 Å². The van der Waals surface area contributed by atoms with Crippen LogP contribution in [0.4, 0.5) is 11.4 Å². The fourth-order valence-corrected chi connectivity index (χ4v) is 2.42. The van der Waals surface area contributed by atoms with Crippen molar-refractivity contribution in [1.82, 2.24) is 0 Å². The Kier molecular flexibility index (Phi) is 5.74. The molecule has 124 valence electrons. The van der Waals surface area contributed by atoms with E-state index in [1.807, 2.05) is 31.2 Å². The standard InChI is InChI=1S/C19H26N2O2/c1-4-13(3)21-17-9-7-15(19(23)12-17)10-14-6-8-16(20-5-2)11-18(14)22/h6-9,11-13,20-23H,4-5,10H2,1-3H3.